The van der Waals surface area contributed by atoms with E-state index < -0.39 is 50.7 Å². The number of rotatable bonds is 8. The molecule has 4 rings (SSSR count). The third-order valence-electron chi connectivity index (χ3n) is 7.54. The maximum absolute atomic E-state index is 14.1. The molecule has 200 valence electrons. The summed E-state index contributed by atoms with van der Waals surface area (Å²) in [5.74, 6) is -4.99. The molecule has 0 aliphatic carbocycles. The maximum atomic E-state index is 14.1. The fourth-order valence-electron chi connectivity index (χ4n) is 5.65. The number of carbonyl (C=O) groups is 2. The quantitative estimate of drug-likeness (QED) is 0.508. The highest BCUT2D eigenvalue weighted by Crippen LogP contribution is 2.40. The highest BCUT2D eigenvalue weighted by molar-refractivity contribution is 7.92. The number of hydrogen-bond donors (Lipinski definition) is 1. The van der Waals surface area contributed by atoms with Gasteiger partial charge in [0.25, 0.3) is 0 Å². The Bertz CT molecular complexity index is 1080. The van der Waals surface area contributed by atoms with Crippen LogP contribution in [0.3, 0.4) is 0 Å². The van der Waals surface area contributed by atoms with Gasteiger partial charge in [-0.05, 0) is 49.7 Å². The summed E-state index contributed by atoms with van der Waals surface area (Å²) in [6, 6.07) is 0.670. The Morgan fingerprint density at radius 2 is 1.61 bits per heavy atom. The molecule has 3 aliphatic heterocycles. The van der Waals surface area contributed by atoms with Crippen molar-refractivity contribution in [3.05, 3.63) is 35.1 Å². The molecular weight excluding hydrogens is 499 g/mol. The van der Waals surface area contributed by atoms with E-state index in [2.05, 4.69) is 0 Å². The van der Waals surface area contributed by atoms with Crippen LogP contribution in [-0.2, 0) is 30.6 Å². The minimum absolute atomic E-state index is 0.0177. The second kappa shape index (κ2) is 11.1. The van der Waals surface area contributed by atoms with Gasteiger partial charge in [-0.3, -0.25) is 9.59 Å². The van der Waals surface area contributed by atoms with Crippen LogP contribution in [0.15, 0.2) is 12.1 Å². The molecule has 12 heteroatoms. The zero-order chi connectivity index (χ0) is 26.0. The lowest BCUT2D eigenvalue weighted by atomic mass is 9.82. The fourth-order valence-corrected chi connectivity index (χ4v) is 6.84. The molecule has 0 spiro atoms. The SMILES string of the molecule is NC(Cc1cc(F)c(F)cc1F)C1C[C@H]2CC[C@@H](C1)N2C(=O)CCS(=O)(=O)CC(=O)N1CCOCC1. The smallest absolute Gasteiger partial charge is 0.237 e. The van der Waals surface area contributed by atoms with Crippen molar-refractivity contribution in [2.24, 2.45) is 11.7 Å². The average Bonchev–Trinajstić information content (AvgIpc) is 3.10. The van der Waals surface area contributed by atoms with Gasteiger partial charge < -0.3 is 20.3 Å². The molecule has 3 aliphatic rings. The largest absolute Gasteiger partial charge is 0.378 e. The summed E-state index contributed by atoms with van der Waals surface area (Å²) in [5, 5.41) is 0. The standard InChI is InChI=1S/C24H32F3N3O5S/c25-19-13-21(27)20(26)11-15(19)12-22(28)16-9-17-1-2-18(10-16)30(17)23(31)3-8-36(33,34)14-24(32)29-4-6-35-7-5-29/h11,13,16-18,22H,1-10,12,14,28H2/t16?,17-,18+,22?. The minimum atomic E-state index is -3.74. The van der Waals surface area contributed by atoms with Gasteiger partial charge >= 0.3 is 0 Å². The van der Waals surface area contributed by atoms with Crippen LogP contribution in [0, 0.1) is 23.4 Å². The van der Waals surface area contributed by atoms with Crippen molar-refractivity contribution >= 4 is 21.7 Å². The highest BCUT2D eigenvalue weighted by Gasteiger charge is 2.44. The van der Waals surface area contributed by atoms with Crippen LogP contribution in [0.2, 0.25) is 0 Å². The first-order valence-electron chi connectivity index (χ1n) is 12.3. The third kappa shape index (κ3) is 6.20. The van der Waals surface area contributed by atoms with Gasteiger partial charge in [0.1, 0.15) is 11.6 Å². The lowest BCUT2D eigenvalue weighted by molar-refractivity contribution is -0.136. The van der Waals surface area contributed by atoms with Crippen LogP contribution in [0.5, 0.6) is 0 Å². The number of halogens is 3. The third-order valence-corrected chi connectivity index (χ3v) is 9.05. The number of nitrogens with two attached hydrogens (primary N) is 1. The summed E-state index contributed by atoms with van der Waals surface area (Å²) in [7, 11) is -3.74. The van der Waals surface area contributed by atoms with E-state index in [1.54, 1.807) is 4.90 Å². The molecule has 36 heavy (non-hydrogen) atoms. The molecule has 2 unspecified atom stereocenters. The Balaban J connectivity index is 1.30. The fraction of sp³-hybridized carbons (Fsp3) is 0.667. The number of fused-ring (bicyclic) bond motifs is 2. The molecule has 0 saturated carbocycles. The first kappa shape index (κ1) is 26.9. The molecule has 2 N–H and O–H groups in total. The Morgan fingerprint density at radius 3 is 2.25 bits per heavy atom. The summed E-state index contributed by atoms with van der Waals surface area (Å²) in [5.41, 5.74) is 6.34. The van der Waals surface area contributed by atoms with Crippen molar-refractivity contribution < 1.29 is 35.9 Å². The van der Waals surface area contributed by atoms with Crippen molar-refractivity contribution in [3.8, 4) is 0 Å². The van der Waals surface area contributed by atoms with Gasteiger partial charge in [0.2, 0.25) is 11.8 Å². The summed E-state index contributed by atoms with van der Waals surface area (Å²) in [4.78, 5) is 28.5. The van der Waals surface area contributed by atoms with Gasteiger partial charge in [-0.15, -0.1) is 0 Å². The van der Waals surface area contributed by atoms with Crippen molar-refractivity contribution in [2.45, 2.75) is 56.7 Å². The number of piperidine rings is 1. The van der Waals surface area contributed by atoms with Gasteiger partial charge in [-0.1, -0.05) is 0 Å². The number of nitrogens with zero attached hydrogens (tertiary/aromatic N) is 2. The van der Waals surface area contributed by atoms with Crippen molar-refractivity contribution in [3.63, 3.8) is 0 Å². The molecule has 4 atom stereocenters. The number of benzene rings is 1. The first-order valence-corrected chi connectivity index (χ1v) is 14.1. The molecule has 2 amide bonds. The number of carbonyl (C=O) groups excluding carboxylic acids is 2. The number of sulfone groups is 1. The van der Waals surface area contributed by atoms with Crippen LogP contribution < -0.4 is 5.73 Å². The molecule has 1 aromatic carbocycles. The van der Waals surface area contributed by atoms with Crippen LogP contribution in [0.1, 0.15) is 37.7 Å². The van der Waals surface area contributed by atoms with Gasteiger partial charge in [-0.2, -0.15) is 0 Å². The van der Waals surface area contributed by atoms with E-state index in [-0.39, 0.29) is 42.3 Å². The maximum Gasteiger partial charge on any atom is 0.237 e. The number of ether oxygens (including phenoxy) is 1. The minimum Gasteiger partial charge on any atom is -0.378 e. The van der Waals surface area contributed by atoms with Crippen LogP contribution in [0.4, 0.5) is 13.2 Å². The average molecular weight is 532 g/mol. The van der Waals surface area contributed by atoms with Crippen molar-refractivity contribution in [1.82, 2.24) is 9.80 Å². The molecule has 3 fully saturated rings. The second-order valence-electron chi connectivity index (χ2n) is 9.98. The number of hydrogen-bond acceptors (Lipinski definition) is 6. The summed E-state index contributed by atoms with van der Waals surface area (Å²) < 4.78 is 71.0. The van der Waals surface area contributed by atoms with E-state index >= 15 is 0 Å². The Labute approximate surface area is 208 Å². The lowest BCUT2D eigenvalue weighted by Crippen LogP contribution is -2.50. The molecule has 0 radical (unpaired) electrons. The molecule has 2 bridgehead atoms. The van der Waals surface area contributed by atoms with Gasteiger partial charge in [0.15, 0.2) is 21.5 Å². The molecule has 0 aromatic heterocycles. The predicted molar refractivity (Wildman–Crippen MR) is 125 cm³/mol. The first-order chi connectivity index (χ1) is 17.0. The van der Waals surface area contributed by atoms with E-state index in [1.165, 1.54) is 4.90 Å². The molecule has 1 aromatic rings. The molecular formula is C24H32F3N3O5S. The highest BCUT2D eigenvalue weighted by atomic mass is 32.2. The van der Waals surface area contributed by atoms with Crippen molar-refractivity contribution in [1.29, 1.82) is 0 Å². The van der Waals surface area contributed by atoms with Gasteiger partial charge in [0.05, 0.1) is 19.0 Å². The molecule has 3 saturated heterocycles. The van der Waals surface area contributed by atoms with Crippen molar-refractivity contribution in [2.75, 3.05) is 37.8 Å². The normalized spacial score (nSPS) is 25.2. The predicted octanol–water partition coefficient (Wildman–Crippen LogP) is 1.41. The van der Waals surface area contributed by atoms with Crippen LogP contribution >= 0.6 is 0 Å². The number of amides is 2. The van der Waals surface area contributed by atoms with E-state index in [4.69, 9.17) is 10.5 Å². The van der Waals surface area contributed by atoms with E-state index in [9.17, 15) is 31.2 Å². The van der Waals surface area contributed by atoms with E-state index in [0.29, 0.717) is 45.2 Å². The van der Waals surface area contributed by atoms with Gasteiger partial charge in [0, 0.05) is 43.7 Å². The number of morpholine rings is 1. The van der Waals surface area contributed by atoms with Crippen LogP contribution in [-0.4, -0.2) is 86.0 Å². The monoisotopic (exact) mass is 531 g/mol. The Kier molecular flexibility index (Phi) is 8.25. The molecule has 3 heterocycles. The van der Waals surface area contributed by atoms with Crippen LogP contribution in [0.25, 0.3) is 0 Å². The Hall–Kier alpha value is -2.18. The Morgan fingerprint density at radius 1 is 1.00 bits per heavy atom. The van der Waals surface area contributed by atoms with E-state index in [0.717, 1.165) is 18.9 Å². The zero-order valence-corrected chi connectivity index (χ0v) is 20.8. The zero-order valence-electron chi connectivity index (χ0n) is 20.0. The second-order valence-corrected chi connectivity index (χ2v) is 12.2. The molecule has 8 nitrogen and oxygen atoms in total. The summed E-state index contributed by atoms with van der Waals surface area (Å²) >= 11 is 0. The topological polar surface area (TPSA) is 110 Å². The van der Waals surface area contributed by atoms with Gasteiger partial charge in [-0.25, -0.2) is 21.6 Å². The lowest BCUT2D eigenvalue weighted by Gasteiger charge is -2.41. The summed E-state index contributed by atoms with van der Waals surface area (Å²) in [6.45, 7) is 1.47. The van der Waals surface area contributed by atoms with E-state index in [1.807, 2.05) is 0 Å². The summed E-state index contributed by atoms with van der Waals surface area (Å²) in [6.07, 6.45) is 2.55.